The van der Waals surface area contributed by atoms with E-state index in [0.717, 1.165) is 15.9 Å². The predicted molar refractivity (Wildman–Crippen MR) is 112 cm³/mol. The summed E-state index contributed by atoms with van der Waals surface area (Å²) in [6.07, 6.45) is 2.19. The van der Waals surface area contributed by atoms with Crippen molar-refractivity contribution in [1.29, 1.82) is 0 Å². The van der Waals surface area contributed by atoms with Crippen LogP contribution in [0.15, 0.2) is 41.3 Å². The SMILES string of the molecule is CCOC(=O)Cn1ccc(CCc2ccccc2O[Si](C)(C)C)c([N+](=O)[O-])c1=O. The zero-order chi connectivity index (χ0) is 21.6. The van der Waals surface area contributed by atoms with Gasteiger partial charge in [-0.05, 0) is 57.1 Å². The summed E-state index contributed by atoms with van der Waals surface area (Å²) in [5.74, 6) is 0.152. The molecule has 0 radical (unpaired) electrons. The zero-order valence-electron chi connectivity index (χ0n) is 17.1. The number of aromatic nitrogens is 1. The van der Waals surface area contributed by atoms with Crippen LogP contribution in [0.25, 0.3) is 0 Å². The third kappa shape index (κ3) is 6.28. The second-order valence-electron chi connectivity index (χ2n) is 7.51. The molecule has 0 spiro atoms. The second-order valence-corrected chi connectivity index (χ2v) is 11.9. The summed E-state index contributed by atoms with van der Waals surface area (Å²) in [5.41, 5.74) is -0.0737. The topological polar surface area (TPSA) is 101 Å². The third-order valence-corrected chi connectivity index (χ3v) is 4.90. The Morgan fingerprint density at radius 2 is 1.79 bits per heavy atom. The van der Waals surface area contributed by atoms with Crippen LogP contribution < -0.4 is 9.99 Å². The molecular formula is C20H26N2O6Si. The molecule has 9 heteroatoms. The van der Waals surface area contributed by atoms with Crippen LogP contribution in [-0.4, -0.2) is 30.4 Å². The Hall–Kier alpha value is -2.94. The molecule has 29 heavy (non-hydrogen) atoms. The molecule has 0 atom stereocenters. The van der Waals surface area contributed by atoms with Gasteiger partial charge in [-0.3, -0.25) is 24.3 Å². The number of aryl methyl sites for hydroxylation is 2. The van der Waals surface area contributed by atoms with Crippen molar-refractivity contribution in [3.05, 3.63) is 68.1 Å². The normalized spacial score (nSPS) is 11.2. The number of hydrogen-bond donors (Lipinski definition) is 0. The van der Waals surface area contributed by atoms with Crippen LogP contribution in [0.4, 0.5) is 5.69 Å². The van der Waals surface area contributed by atoms with Crippen molar-refractivity contribution in [3.63, 3.8) is 0 Å². The van der Waals surface area contributed by atoms with Gasteiger partial charge in [0.15, 0.2) is 0 Å². The average molecular weight is 419 g/mol. The van der Waals surface area contributed by atoms with Gasteiger partial charge in [0.05, 0.1) is 11.5 Å². The quantitative estimate of drug-likeness (QED) is 0.268. The van der Waals surface area contributed by atoms with Crippen LogP contribution in [0.5, 0.6) is 5.75 Å². The Labute approximate surface area is 170 Å². The van der Waals surface area contributed by atoms with Crippen LogP contribution in [-0.2, 0) is 28.9 Å². The van der Waals surface area contributed by atoms with Crippen LogP contribution >= 0.6 is 0 Å². The van der Waals surface area contributed by atoms with Gasteiger partial charge < -0.3 is 9.16 Å². The lowest BCUT2D eigenvalue weighted by molar-refractivity contribution is -0.387. The lowest BCUT2D eigenvalue weighted by Gasteiger charge is -2.21. The van der Waals surface area contributed by atoms with Crippen molar-refractivity contribution in [2.75, 3.05) is 6.61 Å². The molecule has 0 unspecified atom stereocenters. The molecule has 0 bridgehead atoms. The lowest BCUT2D eigenvalue weighted by Crippen LogP contribution is -2.29. The maximum Gasteiger partial charge on any atom is 0.337 e. The van der Waals surface area contributed by atoms with E-state index in [1.807, 2.05) is 24.3 Å². The van der Waals surface area contributed by atoms with Crippen LogP contribution in [0.1, 0.15) is 18.1 Å². The van der Waals surface area contributed by atoms with Crippen LogP contribution in [0.2, 0.25) is 19.6 Å². The van der Waals surface area contributed by atoms with Gasteiger partial charge in [-0.1, -0.05) is 18.2 Å². The van der Waals surface area contributed by atoms with E-state index in [9.17, 15) is 19.7 Å². The number of para-hydroxylation sites is 1. The Balaban J connectivity index is 2.28. The van der Waals surface area contributed by atoms with Crippen LogP contribution in [0.3, 0.4) is 0 Å². The number of hydrogen-bond acceptors (Lipinski definition) is 6. The van der Waals surface area contributed by atoms with Crippen molar-refractivity contribution < 1.29 is 18.9 Å². The van der Waals surface area contributed by atoms with Crippen molar-refractivity contribution in [3.8, 4) is 5.75 Å². The number of nitro groups is 1. The highest BCUT2D eigenvalue weighted by molar-refractivity contribution is 6.70. The maximum atomic E-state index is 12.5. The van der Waals surface area contributed by atoms with E-state index in [2.05, 4.69) is 19.6 Å². The molecule has 1 aromatic carbocycles. The smallest absolute Gasteiger partial charge is 0.337 e. The molecule has 0 amide bonds. The minimum atomic E-state index is -1.81. The number of nitrogens with zero attached hydrogens (tertiary/aromatic N) is 2. The van der Waals surface area contributed by atoms with Gasteiger partial charge in [0.2, 0.25) is 8.32 Å². The first kappa shape index (κ1) is 22.3. The van der Waals surface area contributed by atoms with E-state index >= 15 is 0 Å². The van der Waals surface area contributed by atoms with Gasteiger partial charge in [0.25, 0.3) is 0 Å². The Kier molecular flexibility index (Phi) is 7.33. The Morgan fingerprint density at radius 3 is 2.41 bits per heavy atom. The minimum absolute atomic E-state index is 0.173. The molecule has 0 N–H and O–H groups in total. The molecule has 1 aromatic heterocycles. The summed E-state index contributed by atoms with van der Waals surface area (Å²) >= 11 is 0. The van der Waals surface area contributed by atoms with Gasteiger partial charge in [-0.25, -0.2) is 0 Å². The number of carbonyl (C=O) groups excluding carboxylic acids is 1. The third-order valence-electron chi connectivity index (χ3n) is 4.06. The van der Waals surface area contributed by atoms with Crippen LogP contribution in [0, 0.1) is 10.1 Å². The summed E-state index contributed by atoms with van der Waals surface area (Å²) in [6, 6.07) is 9.10. The first-order chi connectivity index (χ1) is 13.6. The highest BCUT2D eigenvalue weighted by Crippen LogP contribution is 2.24. The lowest BCUT2D eigenvalue weighted by atomic mass is 10.0. The van der Waals surface area contributed by atoms with Gasteiger partial charge >= 0.3 is 17.2 Å². The summed E-state index contributed by atoms with van der Waals surface area (Å²) in [5, 5.41) is 11.5. The average Bonchev–Trinajstić information content (AvgIpc) is 2.61. The fraction of sp³-hybridized carbons (Fsp3) is 0.400. The number of ether oxygens (including phenoxy) is 1. The number of benzene rings is 1. The molecule has 8 nitrogen and oxygen atoms in total. The van der Waals surface area contributed by atoms with E-state index in [4.69, 9.17) is 9.16 Å². The number of rotatable bonds is 9. The molecule has 0 saturated carbocycles. The molecule has 156 valence electrons. The standard InChI is InChI=1S/C20H26N2O6Si/c1-5-27-18(23)14-21-13-12-16(19(20(21)24)22(25)26)11-10-15-8-6-7-9-17(15)28-29(2,3)4/h6-9,12-13H,5,10-11,14H2,1-4H3. The minimum Gasteiger partial charge on any atom is -0.544 e. The number of esters is 1. The van der Waals surface area contributed by atoms with E-state index < -0.39 is 30.5 Å². The predicted octanol–water partition coefficient (Wildman–Crippen LogP) is 3.32. The monoisotopic (exact) mass is 418 g/mol. The molecule has 0 aliphatic carbocycles. The molecule has 2 rings (SSSR count). The summed E-state index contributed by atoms with van der Waals surface area (Å²) in [7, 11) is -1.81. The Bertz CT molecular complexity index is 949. The molecule has 0 aliphatic heterocycles. The van der Waals surface area contributed by atoms with Gasteiger partial charge in [0.1, 0.15) is 12.3 Å². The summed E-state index contributed by atoms with van der Waals surface area (Å²) in [6.45, 7) is 7.71. The van der Waals surface area contributed by atoms with E-state index in [0.29, 0.717) is 18.4 Å². The Morgan fingerprint density at radius 1 is 1.14 bits per heavy atom. The van der Waals surface area contributed by atoms with Crippen molar-refractivity contribution in [2.45, 2.75) is 46.0 Å². The molecule has 0 aliphatic rings. The van der Waals surface area contributed by atoms with Gasteiger partial charge in [0, 0.05) is 11.8 Å². The number of carbonyl (C=O) groups is 1. The fourth-order valence-corrected chi connectivity index (χ4v) is 3.74. The molecule has 0 fully saturated rings. The molecule has 0 saturated heterocycles. The van der Waals surface area contributed by atoms with Crippen molar-refractivity contribution >= 4 is 20.0 Å². The number of pyridine rings is 1. The summed E-state index contributed by atoms with van der Waals surface area (Å²) in [4.78, 5) is 35.0. The fourth-order valence-electron chi connectivity index (χ4n) is 2.88. The maximum absolute atomic E-state index is 12.5. The van der Waals surface area contributed by atoms with E-state index in [1.54, 1.807) is 6.92 Å². The van der Waals surface area contributed by atoms with E-state index in [1.165, 1.54) is 12.3 Å². The zero-order valence-corrected chi connectivity index (χ0v) is 18.1. The first-order valence-electron chi connectivity index (χ1n) is 9.41. The highest BCUT2D eigenvalue weighted by atomic mass is 28.4. The van der Waals surface area contributed by atoms with Gasteiger partial charge in [-0.15, -0.1) is 0 Å². The van der Waals surface area contributed by atoms with E-state index in [-0.39, 0.29) is 13.2 Å². The first-order valence-corrected chi connectivity index (χ1v) is 12.8. The largest absolute Gasteiger partial charge is 0.544 e. The molecular weight excluding hydrogens is 392 g/mol. The molecule has 1 heterocycles. The molecule has 2 aromatic rings. The summed E-state index contributed by atoms with van der Waals surface area (Å²) < 4.78 is 11.9. The highest BCUT2D eigenvalue weighted by Gasteiger charge is 2.23. The second kappa shape index (κ2) is 9.51. The van der Waals surface area contributed by atoms with Crippen molar-refractivity contribution in [2.24, 2.45) is 0 Å². The van der Waals surface area contributed by atoms with Gasteiger partial charge in [-0.2, -0.15) is 0 Å². The van der Waals surface area contributed by atoms with Crippen molar-refractivity contribution in [1.82, 2.24) is 4.57 Å².